The first-order chi connectivity index (χ1) is 12.6. The lowest BCUT2D eigenvalue weighted by molar-refractivity contribution is -0.136. The number of aryl methyl sites for hydroxylation is 2. The van der Waals surface area contributed by atoms with Crippen molar-refractivity contribution < 1.29 is 14.3 Å². The topological polar surface area (TPSA) is 35.5 Å². The minimum absolute atomic E-state index is 0.118. The molecule has 3 nitrogen and oxygen atoms in total. The van der Waals surface area contributed by atoms with Crippen LogP contribution in [0, 0.1) is 6.92 Å². The average Bonchev–Trinajstić information content (AvgIpc) is 2.68. The van der Waals surface area contributed by atoms with E-state index in [0.717, 1.165) is 17.5 Å². The molecule has 0 aliphatic carbocycles. The molecule has 0 heterocycles. The van der Waals surface area contributed by atoms with Gasteiger partial charge < -0.3 is 9.47 Å². The SMILES string of the molecule is CCc1cccc(OCC(=O)Oc2ccc(-c3ccc(C)cc3)cc2)c1. The Morgan fingerprint density at radius 1 is 0.846 bits per heavy atom. The van der Waals surface area contributed by atoms with Gasteiger partial charge in [-0.25, -0.2) is 4.79 Å². The van der Waals surface area contributed by atoms with Crippen molar-refractivity contribution in [3.05, 3.63) is 83.9 Å². The number of rotatable bonds is 6. The van der Waals surface area contributed by atoms with Crippen molar-refractivity contribution in [2.24, 2.45) is 0 Å². The Kier molecular flexibility index (Phi) is 5.69. The Hall–Kier alpha value is -3.07. The van der Waals surface area contributed by atoms with Gasteiger partial charge in [0.25, 0.3) is 0 Å². The maximum atomic E-state index is 12.0. The first kappa shape index (κ1) is 17.7. The Bertz CT molecular complexity index is 865. The summed E-state index contributed by atoms with van der Waals surface area (Å²) in [6.45, 7) is 4.02. The number of hydrogen-bond donors (Lipinski definition) is 0. The molecule has 3 heteroatoms. The van der Waals surface area contributed by atoms with E-state index in [2.05, 4.69) is 38.1 Å². The molecule has 0 aromatic heterocycles. The van der Waals surface area contributed by atoms with E-state index in [1.807, 2.05) is 36.4 Å². The van der Waals surface area contributed by atoms with Gasteiger partial charge in [-0.3, -0.25) is 0 Å². The highest BCUT2D eigenvalue weighted by molar-refractivity contribution is 5.74. The molecule has 0 N–H and O–H groups in total. The zero-order valence-electron chi connectivity index (χ0n) is 15.1. The number of carbonyl (C=O) groups excluding carboxylic acids is 1. The first-order valence-electron chi connectivity index (χ1n) is 8.73. The molecule has 0 fully saturated rings. The highest BCUT2D eigenvalue weighted by Crippen LogP contribution is 2.23. The smallest absolute Gasteiger partial charge is 0.349 e. The molecule has 0 saturated heterocycles. The van der Waals surface area contributed by atoms with E-state index in [1.165, 1.54) is 11.1 Å². The summed E-state index contributed by atoms with van der Waals surface area (Å²) in [5.74, 6) is 0.766. The van der Waals surface area contributed by atoms with Crippen LogP contribution in [0.5, 0.6) is 11.5 Å². The van der Waals surface area contributed by atoms with E-state index in [4.69, 9.17) is 9.47 Å². The maximum Gasteiger partial charge on any atom is 0.349 e. The van der Waals surface area contributed by atoms with E-state index in [9.17, 15) is 4.79 Å². The third kappa shape index (κ3) is 4.73. The zero-order valence-corrected chi connectivity index (χ0v) is 15.1. The summed E-state index contributed by atoms with van der Waals surface area (Å²) >= 11 is 0. The van der Waals surface area contributed by atoms with Gasteiger partial charge in [-0.15, -0.1) is 0 Å². The molecular formula is C23H22O3. The third-order valence-electron chi connectivity index (χ3n) is 4.13. The lowest BCUT2D eigenvalue weighted by Crippen LogP contribution is -2.17. The molecule has 0 aliphatic rings. The van der Waals surface area contributed by atoms with Crippen LogP contribution in [0.15, 0.2) is 72.8 Å². The minimum atomic E-state index is -0.421. The molecular weight excluding hydrogens is 324 g/mol. The predicted molar refractivity (Wildman–Crippen MR) is 104 cm³/mol. The fraction of sp³-hybridized carbons (Fsp3) is 0.174. The van der Waals surface area contributed by atoms with Crippen LogP contribution in [-0.4, -0.2) is 12.6 Å². The van der Waals surface area contributed by atoms with E-state index in [1.54, 1.807) is 12.1 Å². The second kappa shape index (κ2) is 8.34. The van der Waals surface area contributed by atoms with Crippen LogP contribution in [0.2, 0.25) is 0 Å². The second-order valence-electron chi connectivity index (χ2n) is 6.15. The summed E-state index contributed by atoms with van der Waals surface area (Å²) < 4.78 is 10.9. The summed E-state index contributed by atoms with van der Waals surface area (Å²) in [6, 6.07) is 23.5. The standard InChI is InChI=1S/C23H22O3/c1-3-18-5-4-6-22(15-18)25-16-23(24)26-21-13-11-20(12-14-21)19-9-7-17(2)8-10-19/h4-15H,3,16H2,1-2H3. The number of carbonyl (C=O) groups is 1. The van der Waals surface area contributed by atoms with Gasteiger partial charge in [0.2, 0.25) is 0 Å². The van der Waals surface area contributed by atoms with E-state index in [-0.39, 0.29) is 6.61 Å². The normalized spacial score (nSPS) is 10.4. The van der Waals surface area contributed by atoms with Crippen LogP contribution >= 0.6 is 0 Å². The number of ether oxygens (including phenoxy) is 2. The summed E-state index contributed by atoms with van der Waals surface area (Å²) in [6.07, 6.45) is 0.926. The lowest BCUT2D eigenvalue weighted by Gasteiger charge is -2.08. The maximum absolute atomic E-state index is 12.0. The van der Waals surface area contributed by atoms with Gasteiger partial charge in [0.15, 0.2) is 6.61 Å². The third-order valence-corrected chi connectivity index (χ3v) is 4.13. The summed E-state index contributed by atoms with van der Waals surface area (Å²) in [5.41, 5.74) is 4.61. The molecule has 3 aromatic rings. The predicted octanol–water partition coefficient (Wildman–Crippen LogP) is 5.21. The Morgan fingerprint density at radius 3 is 2.15 bits per heavy atom. The van der Waals surface area contributed by atoms with Crippen LogP contribution in [0.3, 0.4) is 0 Å². The van der Waals surface area contributed by atoms with Crippen LogP contribution in [0.4, 0.5) is 0 Å². The molecule has 3 aromatic carbocycles. The molecule has 26 heavy (non-hydrogen) atoms. The Labute approximate surface area is 154 Å². The van der Waals surface area contributed by atoms with Crippen molar-refractivity contribution in [1.29, 1.82) is 0 Å². The van der Waals surface area contributed by atoms with Gasteiger partial charge in [0.05, 0.1) is 0 Å². The van der Waals surface area contributed by atoms with Crippen molar-refractivity contribution in [1.82, 2.24) is 0 Å². The van der Waals surface area contributed by atoms with Crippen LogP contribution in [0.1, 0.15) is 18.1 Å². The number of hydrogen-bond acceptors (Lipinski definition) is 3. The molecule has 0 atom stereocenters. The zero-order chi connectivity index (χ0) is 18.4. The van der Waals surface area contributed by atoms with Gasteiger partial charge in [-0.05, 0) is 54.3 Å². The summed E-state index contributed by atoms with van der Waals surface area (Å²) in [4.78, 5) is 12.0. The number of benzene rings is 3. The van der Waals surface area contributed by atoms with E-state index >= 15 is 0 Å². The van der Waals surface area contributed by atoms with Crippen molar-refractivity contribution >= 4 is 5.97 Å². The van der Waals surface area contributed by atoms with Crippen molar-refractivity contribution in [3.63, 3.8) is 0 Å². The molecule has 132 valence electrons. The average molecular weight is 346 g/mol. The summed E-state index contributed by atoms with van der Waals surface area (Å²) in [7, 11) is 0. The Morgan fingerprint density at radius 2 is 1.50 bits per heavy atom. The Balaban J connectivity index is 1.56. The van der Waals surface area contributed by atoms with Crippen molar-refractivity contribution in [2.75, 3.05) is 6.61 Å². The molecule has 0 unspecified atom stereocenters. The van der Waals surface area contributed by atoms with Crippen LogP contribution < -0.4 is 9.47 Å². The quantitative estimate of drug-likeness (QED) is 0.454. The summed E-state index contributed by atoms with van der Waals surface area (Å²) in [5, 5.41) is 0. The van der Waals surface area contributed by atoms with Gasteiger partial charge >= 0.3 is 5.97 Å². The van der Waals surface area contributed by atoms with Crippen LogP contribution in [0.25, 0.3) is 11.1 Å². The highest BCUT2D eigenvalue weighted by atomic mass is 16.6. The van der Waals surface area contributed by atoms with Gasteiger partial charge in [-0.2, -0.15) is 0 Å². The fourth-order valence-corrected chi connectivity index (χ4v) is 2.62. The molecule has 0 amide bonds. The fourth-order valence-electron chi connectivity index (χ4n) is 2.62. The van der Waals surface area contributed by atoms with E-state index < -0.39 is 5.97 Å². The number of esters is 1. The molecule has 3 rings (SSSR count). The molecule has 0 radical (unpaired) electrons. The first-order valence-corrected chi connectivity index (χ1v) is 8.73. The molecule has 0 saturated carbocycles. The van der Waals surface area contributed by atoms with Crippen LogP contribution in [-0.2, 0) is 11.2 Å². The van der Waals surface area contributed by atoms with E-state index in [0.29, 0.717) is 11.5 Å². The van der Waals surface area contributed by atoms with Gasteiger partial charge in [-0.1, -0.05) is 61.0 Å². The molecule has 0 bridgehead atoms. The van der Waals surface area contributed by atoms with Crippen molar-refractivity contribution in [2.45, 2.75) is 20.3 Å². The second-order valence-corrected chi connectivity index (χ2v) is 6.15. The van der Waals surface area contributed by atoms with Gasteiger partial charge in [0.1, 0.15) is 11.5 Å². The largest absolute Gasteiger partial charge is 0.482 e. The van der Waals surface area contributed by atoms with Crippen molar-refractivity contribution in [3.8, 4) is 22.6 Å². The molecule has 0 aliphatic heterocycles. The highest BCUT2D eigenvalue weighted by Gasteiger charge is 2.07. The molecule has 0 spiro atoms. The van der Waals surface area contributed by atoms with Gasteiger partial charge in [0, 0.05) is 0 Å². The monoisotopic (exact) mass is 346 g/mol. The lowest BCUT2D eigenvalue weighted by atomic mass is 10.0. The minimum Gasteiger partial charge on any atom is -0.482 e.